The maximum atomic E-state index is 12.6. The maximum Gasteiger partial charge on any atom is 0.265 e. The van der Waals surface area contributed by atoms with E-state index in [1.807, 2.05) is 36.4 Å². The number of hydrogen-bond acceptors (Lipinski definition) is 3. The Kier molecular flexibility index (Phi) is 7.10. The van der Waals surface area contributed by atoms with Crippen LogP contribution in [0, 0.1) is 0 Å². The molecule has 2 aromatic rings. The van der Waals surface area contributed by atoms with Crippen LogP contribution in [-0.4, -0.2) is 30.0 Å². The molecule has 1 heterocycles. The molecule has 1 amide bonds. The van der Waals surface area contributed by atoms with Crippen molar-refractivity contribution in [2.24, 2.45) is 0 Å². The van der Waals surface area contributed by atoms with Gasteiger partial charge in [-0.3, -0.25) is 9.69 Å². The minimum absolute atomic E-state index is 0.137. The number of para-hydroxylation sites is 1. The first-order valence-corrected chi connectivity index (χ1v) is 10.4. The molecule has 1 aliphatic rings. The van der Waals surface area contributed by atoms with Gasteiger partial charge in [0.25, 0.3) is 5.91 Å². The second kappa shape index (κ2) is 9.74. The van der Waals surface area contributed by atoms with E-state index in [0.717, 1.165) is 23.5 Å². The van der Waals surface area contributed by atoms with Gasteiger partial charge in [0, 0.05) is 12.2 Å². The molecular formula is C24H32N2O2. The highest BCUT2D eigenvalue weighted by Crippen LogP contribution is 2.27. The summed E-state index contributed by atoms with van der Waals surface area (Å²) < 4.78 is 5.95. The van der Waals surface area contributed by atoms with Crippen molar-refractivity contribution in [3.63, 3.8) is 0 Å². The molecule has 1 unspecified atom stereocenters. The van der Waals surface area contributed by atoms with Crippen molar-refractivity contribution in [3.8, 4) is 5.75 Å². The summed E-state index contributed by atoms with van der Waals surface area (Å²) in [7, 11) is 0. The summed E-state index contributed by atoms with van der Waals surface area (Å²) in [5.41, 5.74) is 3.21. The molecule has 1 aliphatic heterocycles. The molecular weight excluding hydrogens is 348 g/mol. The Hall–Kier alpha value is -2.33. The lowest BCUT2D eigenvalue weighted by atomic mass is 10.0. The van der Waals surface area contributed by atoms with Gasteiger partial charge in [-0.25, -0.2) is 0 Å². The lowest BCUT2D eigenvalue weighted by molar-refractivity contribution is -0.122. The number of anilines is 1. The van der Waals surface area contributed by atoms with E-state index in [2.05, 4.69) is 36.2 Å². The maximum absolute atomic E-state index is 12.6. The van der Waals surface area contributed by atoms with Gasteiger partial charge in [0.2, 0.25) is 0 Å². The molecule has 150 valence electrons. The zero-order chi connectivity index (χ0) is 19.9. The smallest absolute Gasteiger partial charge is 0.265 e. The third-order valence-corrected chi connectivity index (χ3v) is 5.29. The minimum atomic E-state index is -0.562. The molecule has 0 saturated carbocycles. The third-order valence-electron chi connectivity index (χ3n) is 5.29. The second-order valence-electron chi connectivity index (χ2n) is 7.98. The van der Waals surface area contributed by atoms with Gasteiger partial charge in [0.05, 0.1) is 0 Å². The van der Waals surface area contributed by atoms with E-state index in [-0.39, 0.29) is 5.91 Å². The number of nitrogens with zero attached hydrogens (tertiary/aromatic N) is 1. The second-order valence-corrected chi connectivity index (χ2v) is 7.98. The summed E-state index contributed by atoms with van der Waals surface area (Å²) in [5.74, 6) is 0.985. The first kappa shape index (κ1) is 20.4. The Labute approximate surface area is 168 Å². The molecule has 1 fully saturated rings. The van der Waals surface area contributed by atoms with Crippen molar-refractivity contribution in [3.05, 3.63) is 59.7 Å². The Balaban J connectivity index is 1.55. The van der Waals surface area contributed by atoms with Crippen molar-refractivity contribution in [1.82, 2.24) is 4.90 Å². The highest BCUT2D eigenvalue weighted by atomic mass is 16.5. The molecule has 0 aromatic heterocycles. The van der Waals surface area contributed by atoms with Crippen molar-refractivity contribution in [1.29, 1.82) is 0 Å². The van der Waals surface area contributed by atoms with Gasteiger partial charge in [-0.15, -0.1) is 0 Å². The predicted octanol–water partition coefficient (Wildman–Crippen LogP) is 5.20. The molecule has 28 heavy (non-hydrogen) atoms. The van der Waals surface area contributed by atoms with E-state index >= 15 is 0 Å². The summed E-state index contributed by atoms with van der Waals surface area (Å²) in [5, 5.41) is 2.96. The van der Waals surface area contributed by atoms with Gasteiger partial charge in [0.15, 0.2) is 6.10 Å². The Morgan fingerprint density at radius 3 is 2.36 bits per heavy atom. The number of ether oxygens (including phenoxy) is 1. The molecule has 2 aromatic carbocycles. The van der Waals surface area contributed by atoms with Crippen molar-refractivity contribution >= 4 is 11.6 Å². The standard InChI is InChI=1S/C24H32N2O2/c1-18(2)22-9-5-6-10-23(22)28-19(3)24(27)25-21-13-11-20(12-14-21)17-26-15-7-4-8-16-26/h5-6,9-14,18-19H,4,7-8,15-17H2,1-3H3,(H,25,27). The monoisotopic (exact) mass is 380 g/mol. The molecule has 0 spiro atoms. The molecule has 1 N–H and O–H groups in total. The van der Waals surface area contributed by atoms with E-state index < -0.39 is 6.10 Å². The largest absolute Gasteiger partial charge is 0.481 e. The highest BCUT2D eigenvalue weighted by molar-refractivity contribution is 5.94. The highest BCUT2D eigenvalue weighted by Gasteiger charge is 2.17. The average Bonchev–Trinajstić information content (AvgIpc) is 2.70. The number of carbonyl (C=O) groups is 1. The van der Waals surface area contributed by atoms with Gasteiger partial charge < -0.3 is 10.1 Å². The molecule has 4 nitrogen and oxygen atoms in total. The van der Waals surface area contributed by atoms with Crippen LogP contribution >= 0.6 is 0 Å². The first-order chi connectivity index (χ1) is 13.5. The van der Waals surface area contributed by atoms with Crippen molar-refractivity contribution in [2.75, 3.05) is 18.4 Å². The summed E-state index contributed by atoms with van der Waals surface area (Å²) in [6.45, 7) is 9.39. The van der Waals surface area contributed by atoms with Crippen LogP contribution in [0.2, 0.25) is 0 Å². The zero-order valence-corrected chi connectivity index (χ0v) is 17.3. The molecule has 1 saturated heterocycles. The number of carbonyl (C=O) groups excluding carboxylic acids is 1. The lowest BCUT2D eigenvalue weighted by Crippen LogP contribution is -2.30. The van der Waals surface area contributed by atoms with Crippen LogP contribution in [0.1, 0.15) is 57.1 Å². The molecule has 0 aliphatic carbocycles. The van der Waals surface area contributed by atoms with Crippen LogP contribution < -0.4 is 10.1 Å². The SMILES string of the molecule is CC(Oc1ccccc1C(C)C)C(=O)Nc1ccc(CN2CCCCC2)cc1. The van der Waals surface area contributed by atoms with E-state index in [1.165, 1.54) is 37.9 Å². The van der Waals surface area contributed by atoms with Gasteiger partial charge in [-0.2, -0.15) is 0 Å². The molecule has 1 atom stereocenters. The van der Waals surface area contributed by atoms with Gasteiger partial charge in [-0.05, 0) is 68.1 Å². The fourth-order valence-corrected chi connectivity index (χ4v) is 3.62. The lowest BCUT2D eigenvalue weighted by Gasteiger charge is -2.26. The number of amides is 1. The van der Waals surface area contributed by atoms with E-state index in [1.54, 1.807) is 6.92 Å². The van der Waals surface area contributed by atoms with Crippen LogP contribution in [0.5, 0.6) is 5.75 Å². The zero-order valence-electron chi connectivity index (χ0n) is 17.3. The number of nitrogens with one attached hydrogen (secondary N) is 1. The fourth-order valence-electron chi connectivity index (χ4n) is 3.62. The Morgan fingerprint density at radius 1 is 1.00 bits per heavy atom. The topological polar surface area (TPSA) is 41.6 Å². The fraction of sp³-hybridized carbons (Fsp3) is 0.458. The summed E-state index contributed by atoms with van der Waals surface area (Å²) in [4.78, 5) is 15.1. The Morgan fingerprint density at radius 2 is 1.68 bits per heavy atom. The predicted molar refractivity (Wildman–Crippen MR) is 115 cm³/mol. The first-order valence-electron chi connectivity index (χ1n) is 10.4. The van der Waals surface area contributed by atoms with Crippen LogP contribution in [0.15, 0.2) is 48.5 Å². The summed E-state index contributed by atoms with van der Waals surface area (Å²) in [6.07, 6.45) is 3.38. The number of piperidine rings is 1. The average molecular weight is 381 g/mol. The normalized spacial score (nSPS) is 16.0. The van der Waals surface area contributed by atoms with Crippen LogP contribution in [0.3, 0.4) is 0 Å². The van der Waals surface area contributed by atoms with Gasteiger partial charge in [-0.1, -0.05) is 50.6 Å². The molecule has 3 rings (SSSR count). The Bertz CT molecular complexity index is 764. The summed E-state index contributed by atoms with van der Waals surface area (Å²) >= 11 is 0. The number of hydrogen-bond donors (Lipinski definition) is 1. The van der Waals surface area contributed by atoms with Gasteiger partial charge in [0.1, 0.15) is 5.75 Å². The number of likely N-dealkylation sites (tertiary alicyclic amines) is 1. The van der Waals surface area contributed by atoms with Crippen LogP contribution in [-0.2, 0) is 11.3 Å². The third kappa shape index (κ3) is 5.59. The van der Waals surface area contributed by atoms with Crippen LogP contribution in [0.4, 0.5) is 5.69 Å². The molecule has 0 radical (unpaired) electrons. The van der Waals surface area contributed by atoms with Crippen molar-refractivity contribution < 1.29 is 9.53 Å². The van der Waals surface area contributed by atoms with E-state index in [4.69, 9.17) is 4.74 Å². The van der Waals surface area contributed by atoms with Crippen molar-refractivity contribution in [2.45, 2.75) is 58.6 Å². The van der Waals surface area contributed by atoms with Crippen LogP contribution in [0.25, 0.3) is 0 Å². The van der Waals surface area contributed by atoms with Gasteiger partial charge >= 0.3 is 0 Å². The summed E-state index contributed by atoms with van der Waals surface area (Å²) in [6, 6.07) is 16.1. The van der Waals surface area contributed by atoms with E-state index in [9.17, 15) is 4.79 Å². The quantitative estimate of drug-likeness (QED) is 0.718. The minimum Gasteiger partial charge on any atom is -0.481 e. The number of rotatable bonds is 7. The molecule has 0 bridgehead atoms. The number of benzene rings is 2. The molecule has 4 heteroatoms. The van der Waals surface area contributed by atoms with E-state index in [0.29, 0.717) is 5.92 Å².